The van der Waals surface area contributed by atoms with Gasteiger partial charge in [0.1, 0.15) is 5.75 Å². The summed E-state index contributed by atoms with van der Waals surface area (Å²) in [6.45, 7) is 1.08. The van der Waals surface area contributed by atoms with Gasteiger partial charge in [-0.25, -0.2) is 4.39 Å². The van der Waals surface area contributed by atoms with Crippen molar-refractivity contribution in [2.45, 2.75) is 13.0 Å². The molecular formula is C18H19FN2O2. The van der Waals surface area contributed by atoms with Crippen molar-refractivity contribution in [1.29, 1.82) is 0 Å². The number of hydrogen-bond donors (Lipinski definition) is 1. The fourth-order valence-corrected chi connectivity index (χ4v) is 2.74. The van der Waals surface area contributed by atoms with E-state index in [-0.39, 0.29) is 5.91 Å². The van der Waals surface area contributed by atoms with Gasteiger partial charge < -0.3 is 15.0 Å². The third-order valence-electron chi connectivity index (χ3n) is 4.00. The molecule has 2 aromatic rings. The van der Waals surface area contributed by atoms with Gasteiger partial charge in [-0.2, -0.15) is 0 Å². The van der Waals surface area contributed by atoms with E-state index in [4.69, 9.17) is 4.74 Å². The second-order valence-electron chi connectivity index (χ2n) is 5.70. The largest absolute Gasteiger partial charge is 0.463 e. The van der Waals surface area contributed by atoms with E-state index in [1.54, 1.807) is 24.3 Å². The molecule has 0 aliphatic carbocycles. The molecule has 1 aliphatic heterocycles. The number of amides is 1. The number of carbonyl (C=O) groups excluding carboxylic acids is 1. The van der Waals surface area contributed by atoms with Crippen LogP contribution in [0.1, 0.15) is 21.5 Å². The van der Waals surface area contributed by atoms with Gasteiger partial charge >= 0.3 is 0 Å². The quantitative estimate of drug-likeness (QED) is 0.942. The maximum atomic E-state index is 12.3. The number of ether oxygens (including phenoxy) is 1. The zero-order valence-electron chi connectivity index (χ0n) is 13.0. The van der Waals surface area contributed by atoms with E-state index in [1.807, 2.05) is 12.1 Å². The molecular weight excluding hydrogens is 295 g/mol. The number of benzene rings is 2. The van der Waals surface area contributed by atoms with Crippen molar-refractivity contribution in [3.63, 3.8) is 0 Å². The highest BCUT2D eigenvalue weighted by Crippen LogP contribution is 2.22. The summed E-state index contributed by atoms with van der Waals surface area (Å²) in [4.78, 5) is 14.5. The van der Waals surface area contributed by atoms with Crippen LogP contribution in [0.4, 0.5) is 10.1 Å². The van der Waals surface area contributed by atoms with Crippen LogP contribution in [-0.2, 0) is 13.0 Å². The standard InChI is InChI=1S/C18H19FN2O2/c1-21-9-8-13-2-5-16(10-15(13)11-21)20-18(22)14-3-6-17(7-4-14)23-12-19/h2-7,10H,8-9,11-12H2,1H3,(H,20,22). The van der Waals surface area contributed by atoms with Crippen LogP contribution in [-0.4, -0.2) is 31.3 Å². The molecule has 0 aromatic heterocycles. The number of nitrogens with zero attached hydrogens (tertiary/aromatic N) is 1. The van der Waals surface area contributed by atoms with E-state index in [0.29, 0.717) is 11.3 Å². The Labute approximate surface area is 134 Å². The summed E-state index contributed by atoms with van der Waals surface area (Å²) in [7, 11) is 2.09. The zero-order valence-corrected chi connectivity index (χ0v) is 13.0. The van der Waals surface area contributed by atoms with Crippen LogP contribution in [0.25, 0.3) is 0 Å². The lowest BCUT2D eigenvalue weighted by atomic mass is 9.99. The molecule has 0 saturated heterocycles. The summed E-state index contributed by atoms with van der Waals surface area (Å²) in [5, 5.41) is 2.90. The van der Waals surface area contributed by atoms with Crippen molar-refractivity contribution in [3.05, 3.63) is 59.2 Å². The molecule has 23 heavy (non-hydrogen) atoms. The van der Waals surface area contributed by atoms with Gasteiger partial charge in [0.05, 0.1) is 0 Å². The highest BCUT2D eigenvalue weighted by Gasteiger charge is 2.14. The first-order chi connectivity index (χ1) is 11.2. The summed E-state index contributed by atoms with van der Waals surface area (Å²) in [5.74, 6) is 0.210. The molecule has 4 nitrogen and oxygen atoms in total. The van der Waals surface area contributed by atoms with Gasteiger partial charge in [0.15, 0.2) is 0 Å². The predicted octanol–water partition coefficient (Wildman–Crippen LogP) is 3.23. The number of carbonyl (C=O) groups is 1. The molecule has 3 rings (SSSR count). The maximum absolute atomic E-state index is 12.3. The average Bonchev–Trinajstić information content (AvgIpc) is 2.55. The van der Waals surface area contributed by atoms with Crippen molar-refractivity contribution < 1.29 is 13.9 Å². The average molecular weight is 314 g/mol. The number of hydrogen-bond acceptors (Lipinski definition) is 3. The Bertz CT molecular complexity index is 701. The SMILES string of the molecule is CN1CCc2ccc(NC(=O)c3ccc(OCF)cc3)cc2C1. The van der Waals surface area contributed by atoms with Gasteiger partial charge in [-0.15, -0.1) is 0 Å². The molecule has 1 heterocycles. The Morgan fingerprint density at radius 3 is 2.74 bits per heavy atom. The molecule has 1 aliphatic rings. The number of likely N-dealkylation sites (N-methyl/N-ethyl adjacent to an activating group) is 1. The van der Waals surface area contributed by atoms with Gasteiger partial charge in [0.2, 0.25) is 6.86 Å². The van der Waals surface area contributed by atoms with Gasteiger partial charge in [-0.3, -0.25) is 4.79 Å². The van der Waals surface area contributed by atoms with Crippen LogP contribution >= 0.6 is 0 Å². The fourth-order valence-electron chi connectivity index (χ4n) is 2.74. The first kappa shape index (κ1) is 15.5. The Morgan fingerprint density at radius 1 is 1.22 bits per heavy atom. The molecule has 1 amide bonds. The molecule has 5 heteroatoms. The van der Waals surface area contributed by atoms with Crippen LogP contribution in [0.2, 0.25) is 0 Å². The van der Waals surface area contributed by atoms with Crippen LogP contribution in [0, 0.1) is 0 Å². The lowest BCUT2D eigenvalue weighted by Gasteiger charge is -2.25. The first-order valence-electron chi connectivity index (χ1n) is 7.56. The molecule has 0 fully saturated rings. The number of rotatable bonds is 4. The molecule has 1 N–H and O–H groups in total. The van der Waals surface area contributed by atoms with E-state index < -0.39 is 6.86 Å². The van der Waals surface area contributed by atoms with E-state index in [0.717, 1.165) is 25.2 Å². The Balaban J connectivity index is 1.71. The van der Waals surface area contributed by atoms with Crippen LogP contribution < -0.4 is 10.1 Å². The third kappa shape index (κ3) is 3.68. The van der Waals surface area contributed by atoms with E-state index in [1.165, 1.54) is 11.1 Å². The minimum atomic E-state index is -0.880. The Kier molecular flexibility index (Phi) is 4.57. The highest BCUT2D eigenvalue weighted by atomic mass is 19.1. The number of alkyl halides is 1. The van der Waals surface area contributed by atoms with Crippen molar-refractivity contribution in [2.75, 3.05) is 25.8 Å². The normalized spacial score (nSPS) is 14.2. The lowest BCUT2D eigenvalue weighted by molar-refractivity contribution is 0.102. The van der Waals surface area contributed by atoms with Gasteiger partial charge in [-0.05, 0) is 61.0 Å². The molecule has 0 bridgehead atoms. The summed E-state index contributed by atoms with van der Waals surface area (Å²) < 4.78 is 16.8. The second-order valence-corrected chi connectivity index (χ2v) is 5.70. The van der Waals surface area contributed by atoms with Crippen LogP contribution in [0.3, 0.4) is 0 Å². The summed E-state index contributed by atoms with van der Waals surface area (Å²) in [6.07, 6.45) is 1.04. The third-order valence-corrected chi connectivity index (χ3v) is 4.00. The molecule has 0 radical (unpaired) electrons. The van der Waals surface area contributed by atoms with Gasteiger partial charge in [0.25, 0.3) is 5.91 Å². The Morgan fingerprint density at radius 2 is 2.00 bits per heavy atom. The number of anilines is 1. The van der Waals surface area contributed by atoms with Crippen molar-refractivity contribution in [3.8, 4) is 5.75 Å². The number of nitrogens with one attached hydrogen (secondary N) is 1. The lowest BCUT2D eigenvalue weighted by Crippen LogP contribution is -2.26. The smallest absolute Gasteiger partial charge is 0.255 e. The number of fused-ring (bicyclic) bond motifs is 1. The fraction of sp³-hybridized carbons (Fsp3) is 0.278. The summed E-state index contributed by atoms with van der Waals surface area (Å²) in [6, 6.07) is 12.4. The van der Waals surface area contributed by atoms with Crippen molar-refractivity contribution >= 4 is 11.6 Å². The van der Waals surface area contributed by atoms with Gasteiger partial charge in [-0.1, -0.05) is 6.07 Å². The van der Waals surface area contributed by atoms with Crippen LogP contribution in [0.15, 0.2) is 42.5 Å². The summed E-state index contributed by atoms with van der Waals surface area (Å²) >= 11 is 0. The monoisotopic (exact) mass is 314 g/mol. The number of halogens is 1. The molecule has 0 unspecified atom stereocenters. The topological polar surface area (TPSA) is 41.6 Å². The first-order valence-corrected chi connectivity index (χ1v) is 7.56. The van der Waals surface area contributed by atoms with Crippen molar-refractivity contribution in [1.82, 2.24) is 4.90 Å². The highest BCUT2D eigenvalue weighted by molar-refractivity contribution is 6.04. The summed E-state index contributed by atoms with van der Waals surface area (Å²) in [5.41, 5.74) is 3.89. The Hall–Kier alpha value is -2.40. The second kappa shape index (κ2) is 6.79. The van der Waals surface area contributed by atoms with Crippen molar-refractivity contribution in [2.24, 2.45) is 0 Å². The van der Waals surface area contributed by atoms with Gasteiger partial charge in [0, 0.05) is 24.3 Å². The molecule has 2 aromatic carbocycles. The van der Waals surface area contributed by atoms with E-state index in [2.05, 4.69) is 23.3 Å². The molecule has 0 saturated carbocycles. The zero-order chi connectivity index (χ0) is 16.2. The molecule has 120 valence electrons. The molecule has 0 atom stereocenters. The predicted molar refractivity (Wildman–Crippen MR) is 87.5 cm³/mol. The van der Waals surface area contributed by atoms with E-state index >= 15 is 0 Å². The van der Waals surface area contributed by atoms with E-state index in [9.17, 15) is 9.18 Å². The maximum Gasteiger partial charge on any atom is 0.255 e. The minimum Gasteiger partial charge on any atom is -0.463 e. The molecule has 0 spiro atoms. The minimum absolute atomic E-state index is 0.194. The van der Waals surface area contributed by atoms with Crippen LogP contribution in [0.5, 0.6) is 5.75 Å².